The molecule has 21 heavy (non-hydrogen) atoms. The highest BCUT2D eigenvalue weighted by molar-refractivity contribution is 5.57. The van der Waals surface area contributed by atoms with Gasteiger partial charge in [0.25, 0.3) is 0 Å². The van der Waals surface area contributed by atoms with E-state index in [2.05, 4.69) is 16.3 Å². The SMILES string of the molecule is CNC(C)c1c(F)cccc1N1CCOC2CCCCC21. The molecule has 1 aliphatic carbocycles. The van der Waals surface area contributed by atoms with Gasteiger partial charge in [0.15, 0.2) is 0 Å². The molecule has 1 aromatic carbocycles. The maximum Gasteiger partial charge on any atom is 0.130 e. The predicted molar refractivity (Wildman–Crippen MR) is 83.2 cm³/mol. The van der Waals surface area contributed by atoms with Gasteiger partial charge in [-0.3, -0.25) is 0 Å². The third-order valence-electron chi connectivity index (χ3n) is 4.94. The lowest BCUT2D eigenvalue weighted by Crippen LogP contribution is -2.53. The summed E-state index contributed by atoms with van der Waals surface area (Å²) in [4.78, 5) is 2.39. The molecule has 1 aromatic rings. The molecule has 1 saturated heterocycles. The number of nitrogens with one attached hydrogen (secondary N) is 1. The first-order valence-electron chi connectivity index (χ1n) is 8.06. The fourth-order valence-electron chi connectivity index (χ4n) is 3.74. The summed E-state index contributed by atoms with van der Waals surface area (Å²) in [6, 6.07) is 5.85. The molecule has 3 nitrogen and oxygen atoms in total. The molecule has 2 fully saturated rings. The third-order valence-corrected chi connectivity index (χ3v) is 4.94. The molecule has 0 amide bonds. The highest BCUT2D eigenvalue weighted by Gasteiger charge is 2.35. The van der Waals surface area contributed by atoms with E-state index in [4.69, 9.17) is 4.74 Å². The highest BCUT2D eigenvalue weighted by Crippen LogP contribution is 2.36. The van der Waals surface area contributed by atoms with Crippen LogP contribution < -0.4 is 10.2 Å². The predicted octanol–water partition coefficient (Wildman–Crippen LogP) is 3.25. The lowest BCUT2D eigenvalue weighted by Gasteiger charge is -2.46. The Labute approximate surface area is 126 Å². The molecule has 2 aliphatic rings. The summed E-state index contributed by atoms with van der Waals surface area (Å²) >= 11 is 0. The third kappa shape index (κ3) is 2.79. The molecule has 0 spiro atoms. The van der Waals surface area contributed by atoms with E-state index in [1.54, 1.807) is 6.07 Å². The van der Waals surface area contributed by atoms with E-state index in [1.165, 1.54) is 12.8 Å². The van der Waals surface area contributed by atoms with Gasteiger partial charge in [-0.05, 0) is 38.9 Å². The average molecular weight is 292 g/mol. The average Bonchev–Trinajstić information content (AvgIpc) is 2.53. The zero-order valence-corrected chi connectivity index (χ0v) is 12.9. The summed E-state index contributed by atoms with van der Waals surface area (Å²) in [5.41, 5.74) is 1.82. The van der Waals surface area contributed by atoms with Crippen LogP contribution in [0.3, 0.4) is 0 Å². The molecule has 1 aliphatic heterocycles. The smallest absolute Gasteiger partial charge is 0.130 e. The number of benzene rings is 1. The van der Waals surface area contributed by atoms with E-state index in [0.717, 1.165) is 37.2 Å². The Morgan fingerprint density at radius 1 is 1.33 bits per heavy atom. The lowest BCUT2D eigenvalue weighted by atomic mass is 9.89. The van der Waals surface area contributed by atoms with Gasteiger partial charge in [0.2, 0.25) is 0 Å². The number of ether oxygens (including phenoxy) is 1. The number of nitrogens with zero attached hydrogens (tertiary/aromatic N) is 1. The molecule has 3 unspecified atom stereocenters. The van der Waals surface area contributed by atoms with Crippen LogP contribution in [0.5, 0.6) is 0 Å². The Kier molecular flexibility index (Phi) is 4.45. The van der Waals surface area contributed by atoms with Crippen LogP contribution in [0.1, 0.15) is 44.2 Å². The molecule has 1 saturated carbocycles. The normalized spacial score (nSPS) is 27.3. The van der Waals surface area contributed by atoms with Crippen LogP contribution >= 0.6 is 0 Å². The first-order valence-corrected chi connectivity index (χ1v) is 8.06. The van der Waals surface area contributed by atoms with Crippen LogP contribution in [0.25, 0.3) is 0 Å². The highest BCUT2D eigenvalue weighted by atomic mass is 19.1. The van der Waals surface area contributed by atoms with Gasteiger partial charge >= 0.3 is 0 Å². The first-order chi connectivity index (χ1) is 10.2. The molecule has 3 atom stereocenters. The number of hydrogen-bond donors (Lipinski definition) is 1. The van der Waals surface area contributed by atoms with E-state index < -0.39 is 0 Å². The van der Waals surface area contributed by atoms with Crippen molar-refractivity contribution in [3.8, 4) is 0 Å². The number of hydrogen-bond acceptors (Lipinski definition) is 3. The van der Waals surface area contributed by atoms with Crippen LogP contribution in [-0.4, -0.2) is 32.3 Å². The zero-order chi connectivity index (χ0) is 14.8. The number of rotatable bonds is 3. The van der Waals surface area contributed by atoms with Crippen LogP contribution in [0.2, 0.25) is 0 Å². The minimum atomic E-state index is -0.117. The van der Waals surface area contributed by atoms with E-state index in [9.17, 15) is 4.39 Å². The summed E-state index contributed by atoms with van der Waals surface area (Å²) in [6.45, 7) is 3.61. The standard InChI is InChI=1S/C17H25FN2O/c1-12(19-2)17-13(18)6-5-8-15(17)20-10-11-21-16-9-4-3-7-14(16)20/h5-6,8,12,14,16,19H,3-4,7,9-11H2,1-2H3. The van der Waals surface area contributed by atoms with E-state index >= 15 is 0 Å². The van der Waals surface area contributed by atoms with Gasteiger partial charge in [0.05, 0.1) is 18.8 Å². The van der Waals surface area contributed by atoms with Crippen LogP contribution in [0.4, 0.5) is 10.1 Å². The van der Waals surface area contributed by atoms with Crippen LogP contribution in [0, 0.1) is 5.82 Å². The van der Waals surface area contributed by atoms with E-state index in [1.807, 2.05) is 20.0 Å². The van der Waals surface area contributed by atoms with Gasteiger partial charge in [-0.15, -0.1) is 0 Å². The lowest BCUT2D eigenvalue weighted by molar-refractivity contribution is -0.00878. The minimum absolute atomic E-state index is 0.00563. The molecule has 1 N–H and O–H groups in total. The number of halogens is 1. The maximum absolute atomic E-state index is 14.4. The van der Waals surface area contributed by atoms with Crippen LogP contribution in [0.15, 0.2) is 18.2 Å². The first kappa shape index (κ1) is 14.8. The summed E-state index contributed by atoms with van der Waals surface area (Å²) in [7, 11) is 1.88. The van der Waals surface area contributed by atoms with Gasteiger partial charge in [0.1, 0.15) is 5.82 Å². The van der Waals surface area contributed by atoms with Crippen molar-refractivity contribution in [2.45, 2.75) is 50.8 Å². The Balaban J connectivity index is 1.97. The summed E-state index contributed by atoms with van der Waals surface area (Å²) in [6.07, 6.45) is 5.08. The fourth-order valence-corrected chi connectivity index (χ4v) is 3.74. The number of morpholine rings is 1. The van der Waals surface area contributed by atoms with Gasteiger partial charge in [0, 0.05) is 23.8 Å². The van der Waals surface area contributed by atoms with Crippen molar-refractivity contribution in [3.05, 3.63) is 29.6 Å². The zero-order valence-electron chi connectivity index (χ0n) is 12.9. The summed E-state index contributed by atoms with van der Waals surface area (Å²) in [5, 5.41) is 3.18. The molecule has 3 rings (SSSR count). The maximum atomic E-state index is 14.4. The van der Waals surface area contributed by atoms with Gasteiger partial charge in [-0.25, -0.2) is 4.39 Å². The number of anilines is 1. The Bertz CT molecular complexity index is 492. The molecule has 0 radical (unpaired) electrons. The molecule has 116 valence electrons. The van der Waals surface area contributed by atoms with Crippen molar-refractivity contribution in [1.29, 1.82) is 0 Å². The molecular formula is C17H25FN2O. The Hall–Kier alpha value is -1.13. The molecule has 4 heteroatoms. The summed E-state index contributed by atoms with van der Waals surface area (Å²) in [5.74, 6) is -0.117. The Morgan fingerprint density at radius 3 is 2.95 bits per heavy atom. The van der Waals surface area contributed by atoms with Crippen molar-refractivity contribution in [2.75, 3.05) is 25.1 Å². The van der Waals surface area contributed by atoms with Gasteiger partial charge in [-0.2, -0.15) is 0 Å². The molecule has 1 heterocycles. The molecule has 0 aromatic heterocycles. The second-order valence-corrected chi connectivity index (χ2v) is 6.14. The van der Waals surface area contributed by atoms with Crippen molar-refractivity contribution >= 4 is 5.69 Å². The second kappa shape index (κ2) is 6.32. The van der Waals surface area contributed by atoms with Crippen molar-refractivity contribution < 1.29 is 9.13 Å². The van der Waals surface area contributed by atoms with Crippen molar-refractivity contribution in [2.24, 2.45) is 0 Å². The molecular weight excluding hydrogens is 267 g/mol. The van der Waals surface area contributed by atoms with Gasteiger partial charge in [-0.1, -0.05) is 18.9 Å². The number of fused-ring (bicyclic) bond motifs is 1. The largest absolute Gasteiger partial charge is 0.374 e. The second-order valence-electron chi connectivity index (χ2n) is 6.14. The van der Waals surface area contributed by atoms with Crippen molar-refractivity contribution in [1.82, 2.24) is 5.32 Å². The fraction of sp³-hybridized carbons (Fsp3) is 0.647. The van der Waals surface area contributed by atoms with E-state index in [0.29, 0.717) is 12.1 Å². The van der Waals surface area contributed by atoms with Gasteiger partial charge < -0.3 is 15.0 Å². The van der Waals surface area contributed by atoms with Crippen molar-refractivity contribution in [3.63, 3.8) is 0 Å². The minimum Gasteiger partial charge on any atom is -0.374 e. The Morgan fingerprint density at radius 2 is 2.14 bits per heavy atom. The quantitative estimate of drug-likeness (QED) is 0.925. The monoisotopic (exact) mass is 292 g/mol. The van der Waals surface area contributed by atoms with Crippen LogP contribution in [-0.2, 0) is 4.74 Å². The molecule has 0 bridgehead atoms. The topological polar surface area (TPSA) is 24.5 Å². The summed E-state index contributed by atoms with van der Waals surface area (Å²) < 4.78 is 20.3. The van der Waals surface area contributed by atoms with E-state index in [-0.39, 0.29) is 11.9 Å².